The summed E-state index contributed by atoms with van der Waals surface area (Å²) in [6.45, 7) is 0.395. The normalized spacial score (nSPS) is 12.2. The molecule has 0 atom stereocenters. The maximum absolute atomic E-state index is 13.5. The molecule has 1 amide bonds. The second-order valence-electron chi connectivity index (χ2n) is 8.45. The fraction of sp³-hybridized carbons (Fsp3) is 0.138. The van der Waals surface area contributed by atoms with Gasteiger partial charge in [-0.15, -0.1) is 0 Å². The van der Waals surface area contributed by atoms with E-state index < -0.39 is 6.09 Å². The van der Waals surface area contributed by atoms with Crippen molar-refractivity contribution in [2.75, 3.05) is 6.61 Å². The van der Waals surface area contributed by atoms with Gasteiger partial charge < -0.3 is 9.84 Å². The predicted octanol–water partition coefficient (Wildman–Crippen LogP) is 8.05. The molecule has 0 unspecified atom stereocenters. The Morgan fingerprint density at radius 2 is 1.58 bits per heavy atom. The first-order chi connectivity index (χ1) is 17.5. The fourth-order valence-electron chi connectivity index (χ4n) is 4.45. The highest BCUT2D eigenvalue weighted by Gasteiger charge is 2.30. The topological polar surface area (TPSA) is 49.8 Å². The highest BCUT2D eigenvalue weighted by Crippen LogP contribution is 2.44. The van der Waals surface area contributed by atoms with Crippen LogP contribution in [0.3, 0.4) is 0 Å². The molecule has 7 heteroatoms. The summed E-state index contributed by atoms with van der Waals surface area (Å²) in [6.07, 6.45) is -0.450. The molecular weight excluding hydrogens is 558 g/mol. The molecule has 0 spiro atoms. The molecule has 5 rings (SSSR count). The minimum absolute atomic E-state index is 0.0277. The number of carbonyl (C=O) groups excluding carboxylic acids is 1. The van der Waals surface area contributed by atoms with Crippen LogP contribution in [0.15, 0.2) is 100 Å². The zero-order valence-electron chi connectivity index (χ0n) is 19.2. The van der Waals surface area contributed by atoms with Crippen LogP contribution in [0.25, 0.3) is 11.1 Å². The van der Waals surface area contributed by atoms with Crippen LogP contribution in [-0.2, 0) is 17.9 Å². The number of ether oxygens (including phenoxy) is 1. The first kappa shape index (κ1) is 24.9. The lowest BCUT2D eigenvalue weighted by Gasteiger charge is -2.23. The molecule has 0 aliphatic heterocycles. The lowest BCUT2D eigenvalue weighted by Crippen LogP contribution is -2.26. The van der Waals surface area contributed by atoms with Gasteiger partial charge in [0.2, 0.25) is 0 Å². The van der Waals surface area contributed by atoms with Gasteiger partial charge in [0.15, 0.2) is 0 Å². The summed E-state index contributed by atoms with van der Waals surface area (Å²) >= 11 is 11.0. The zero-order valence-corrected chi connectivity index (χ0v) is 22.4. The molecule has 4 aromatic rings. The number of rotatable bonds is 7. The number of carbonyl (C=O) groups is 1. The summed E-state index contributed by atoms with van der Waals surface area (Å²) in [6, 6.07) is 29.6. The molecule has 182 valence electrons. The third-order valence-electron chi connectivity index (χ3n) is 6.20. The average Bonchev–Trinajstić information content (AvgIpc) is 3.23. The number of fused-ring (bicyclic) bond motifs is 3. The monoisotopic (exact) mass is 579 g/mol. The number of hydrogen-bond acceptors (Lipinski definition) is 4. The van der Waals surface area contributed by atoms with Crippen molar-refractivity contribution >= 4 is 45.6 Å². The molecule has 0 aromatic heterocycles. The highest BCUT2D eigenvalue weighted by molar-refractivity contribution is 9.10. The van der Waals surface area contributed by atoms with Gasteiger partial charge >= 0.3 is 6.09 Å². The Bertz CT molecular complexity index is 1370. The number of benzene rings is 4. The quantitative estimate of drug-likeness (QED) is 0.225. The lowest BCUT2D eigenvalue weighted by atomic mass is 9.98. The van der Waals surface area contributed by atoms with E-state index in [9.17, 15) is 9.90 Å². The fourth-order valence-corrected chi connectivity index (χ4v) is 5.86. The summed E-state index contributed by atoms with van der Waals surface area (Å²) in [5.41, 5.74) is 6.30. The molecule has 1 aliphatic rings. The van der Waals surface area contributed by atoms with Crippen LogP contribution >= 0.6 is 39.5 Å². The van der Waals surface area contributed by atoms with Gasteiger partial charge in [0.1, 0.15) is 6.61 Å². The van der Waals surface area contributed by atoms with Crippen LogP contribution in [0.4, 0.5) is 4.79 Å². The Morgan fingerprint density at radius 1 is 0.944 bits per heavy atom. The molecule has 0 radical (unpaired) electrons. The summed E-state index contributed by atoms with van der Waals surface area (Å²) in [5, 5.41) is 10.4. The van der Waals surface area contributed by atoms with E-state index in [1.807, 2.05) is 66.7 Å². The van der Waals surface area contributed by atoms with Gasteiger partial charge in [0, 0.05) is 15.3 Å². The summed E-state index contributed by atoms with van der Waals surface area (Å²) in [7, 11) is 0. The van der Waals surface area contributed by atoms with E-state index in [1.165, 1.54) is 23.1 Å². The SMILES string of the molecule is O=C(OCC1c2ccccc2-c2ccccc21)N(Cc1ccc(Br)c(Cl)c1)Sc1ccccc1CO. The second kappa shape index (κ2) is 11.1. The smallest absolute Gasteiger partial charge is 0.420 e. The van der Waals surface area contributed by atoms with Crippen LogP contribution in [0.5, 0.6) is 0 Å². The molecule has 1 aliphatic carbocycles. The number of hydrogen-bond donors (Lipinski definition) is 1. The Morgan fingerprint density at radius 3 is 2.25 bits per heavy atom. The predicted molar refractivity (Wildman–Crippen MR) is 148 cm³/mol. The molecule has 1 N–H and O–H groups in total. The van der Waals surface area contributed by atoms with E-state index in [0.29, 0.717) is 5.02 Å². The number of nitrogens with zero attached hydrogens (tertiary/aromatic N) is 1. The van der Waals surface area contributed by atoms with Crippen molar-refractivity contribution < 1.29 is 14.6 Å². The molecular formula is C29H23BrClNO3S. The van der Waals surface area contributed by atoms with Crippen molar-refractivity contribution in [3.05, 3.63) is 123 Å². The van der Waals surface area contributed by atoms with Crippen LogP contribution < -0.4 is 0 Å². The molecule has 36 heavy (non-hydrogen) atoms. The maximum atomic E-state index is 13.5. The molecule has 0 bridgehead atoms. The van der Waals surface area contributed by atoms with Crippen LogP contribution in [0.2, 0.25) is 5.02 Å². The van der Waals surface area contributed by atoms with Crippen molar-refractivity contribution in [1.82, 2.24) is 4.31 Å². The minimum Gasteiger partial charge on any atom is -0.448 e. The summed E-state index contributed by atoms with van der Waals surface area (Å²) in [5.74, 6) is -0.0277. The average molecular weight is 581 g/mol. The van der Waals surface area contributed by atoms with Gasteiger partial charge in [-0.2, -0.15) is 0 Å². The maximum Gasteiger partial charge on any atom is 0.420 e. The number of aliphatic hydroxyl groups is 1. The summed E-state index contributed by atoms with van der Waals surface area (Å²) < 4.78 is 8.30. The molecule has 4 aromatic carbocycles. The third-order valence-corrected chi connectivity index (χ3v) is 8.53. The Hall–Kier alpha value is -2.77. The number of aliphatic hydroxyl groups excluding tert-OH is 1. The van der Waals surface area contributed by atoms with E-state index in [4.69, 9.17) is 16.3 Å². The molecule has 0 saturated carbocycles. The Balaban J connectivity index is 1.39. The van der Waals surface area contributed by atoms with Crippen molar-refractivity contribution in [2.45, 2.75) is 24.0 Å². The first-order valence-electron chi connectivity index (χ1n) is 11.5. The molecule has 4 nitrogen and oxygen atoms in total. The third kappa shape index (κ3) is 5.18. The standard InChI is InChI=1S/C29H23BrClNO3S/c30-26-14-13-19(15-27(26)31)16-32(36-28-12-6-1-7-20(28)17-33)29(34)35-18-25-23-10-4-2-8-21(23)22-9-3-5-11-24(22)25/h1-15,25,33H,16-18H2. The summed E-state index contributed by atoms with van der Waals surface area (Å²) in [4.78, 5) is 14.3. The van der Waals surface area contributed by atoms with Gasteiger partial charge in [0.25, 0.3) is 0 Å². The van der Waals surface area contributed by atoms with Crippen molar-refractivity contribution in [2.24, 2.45) is 0 Å². The molecule has 0 fully saturated rings. The molecule has 0 saturated heterocycles. The van der Waals surface area contributed by atoms with Gasteiger partial charge in [-0.25, -0.2) is 9.10 Å². The number of halogens is 2. The molecule has 0 heterocycles. The van der Waals surface area contributed by atoms with E-state index >= 15 is 0 Å². The first-order valence-corrected chi connectivity index (χ1v) is 13.4. The second-order valence-corrected chi connectivity index (χ2v) is 10.8. The van der Waals surface area contributed by atoms with Crippen molar-refractivity contribution in [3.63, 3.8) is 0 Å². The minimum atomic E-state index is -0.450. The zero-order chi connectivity index (χ0) is 25.1. The van der Waals surface area contributed by atoms with Gasteiger partial charge in [-0.05, 0) is 79.5 Å². The van der Waals surface area contributed by atoms with Gasteiger partial charge in [-0.3, -0.25) is 0 Å². The van der Waals surface area contributed by atoms with Crippen LogP contribution in [-0.4, -0.2) is 22.1 Å². The van der Waals surface area contributed by atoms with Crippen LogP contribution in [0, 0.1) is 0 Å². The van der Waals surface area contributed by atoms with E-state index in [0.717, 1.165) is 31.6 Å². The van der Waals surface area contributed by atoms with E-state index in [1.54, 1.807) is 4.31 Å². The van der Waals surface area contributed by atoms with Crippen molar-refractivity contribution in [3.8, 4) is 11.1 Å². The van der Waals surface area contributed by atoms with Gasteiger partial charge in [-0.1, -0.05) is 84.4 Å². The number of amides is 1. The van der Waals surface area contributed by atoms with E-state index in [2.05, 4.69) is 40.2 Å². The van der Waals surface area contributed by atoms with Crippen molar-refractivity contribution in [1.29, 1.82) is 0 Å². The highest BCUT2D eigenvalue weighted by atomic mass is 79.9. The lowest BCUT2D eigenvalue weighted by molar-refractivity contribution is 0.124. The van der Waals surface area contributed by atoms with E-state index in [-0.39, 0.29) is 25.7 Å². The van der Waals surface area contributed by atoms with Crippen LogP contribution in [0.1, 0.15) is 28.2 Å². The largest absolute Gasteiger partial charge is 0.448 e. The Labute approximate surface area is 228 Å². The Kier molecular flexibility index (Phi) is 7.67. The van der Waals surface area contributed by atoms with Gasteiger partial charge in [0.05, 0.1) is 18.2 Å².